The first-order valence-corrected chi connectivity index (χ1v) is 7.83. The Bertz CT molecular complexity index is 1180. The molecule has 9 heteroatoms. The number of rotatable bonds is 4. The van der Waals surface area contributed by atoms with Gasteiger partial charge in [-0.2, -0.15) is 10.2 Å². The Kier molecular flexibility index (Phi) is 3.99. The van der Waals surface area contributed by atoms with E-state index in [0.29, 0.717) is 33.9 Å². The predicted molar refractivity (Wildman–Crippen MR) is 97.0 cm³/mol. The number of ether oxygens (including phenoxy) is 1. The minimum atomic E-state index is -0.582. The van der Waals surface area contributed by atoms with Crippen molar-refractivity contribution in [3.05, 3.63) is 60.3 Å². The van der Waals surface area contributed by atoms with Crippen molar-refractivity contribution in [1.29, 1.82) is 5.26 Å². The van der Waals surface area contributed by atoms with Gasteiger partial charge in [0.2, 0.25) is 5.95 Å². The Hall–Kier alpha value is -4.19. The number of aromatic nitrogens is 4. The Balaban J connectivity index is 1.63. The minimum absolute atomic E-state index is 0.0142. The molecule has 3 aromatic heterocycles. The normalized spacial score (nSPS) is 10.5. The van der Waals surface area contributed by atoms with Gasteiger partial charge in [0.1, 0.15) is 23.3 Å². The Labute approximate surface area is 152 Å². The smallest absolute Gasteiger partial charge is 0.221 e. The number of pyridine rings is 1. The molecule has 0 amide bonds. The van der Waals surface area contributed by atoms with Crippen LogP contribution in [0.25, 0.3) is 11.0 Å². The second-order valence-corrected chi connectivity index (χ2v) is 5.52. The highest BCUT2D eigenvalue weighted by Crippen LogP contribution is 2.33. The van der Waals surface area contributed by atoms with Gasteiger partial charge in [0.05, 0.1) is 10.9 Å². The number of benzene rings is 1. The second-order valence-electron chi connectivity index (χ2n) is 5.52. The molecule has 0 fully saturated rings. The maximum absolute atomic E-state index is 14.5. The molecule has 27 heavy (non-hydrogen) atoms. The van der Waals surface area contributed by atoms with E-state index in [9.17, 15) is 9.65 Å². The van der Waals surface area contributed by atoms with Gasteiger partial charge in [-0.05, 0) is 24.3 Å². The van der Waals surface area contributed by atoms with Crippen molar-refractivity contribution in [2.45, 2.75) is 0 Å². The maximum Gasteiger partial charge on any atom is 0.221 e. The third-order valence-corrected chi connectivity index (χ3v) is 3.75. The number of nitrogens with zero attached hydrogens (tertiary/aromatic N) is 4. The molecule has 0 spiro atoms. The third-order valence-electron chi connectivity index (χ3n) is 3.75. The molecule has 0 saturated carbocycles. The number of hydrogen-bond acceptors (Lipinski definition) is 7. The molecule has 0 aliphatic rings. The van der Waals surface area contributed by atoms with Crippen LogP contribution in [0.4, 0.5) is 21.8 Å². The molecule has 132 valence electrons. The molecule has 4 rings (SSSR count). The zero-order valence-electron chi connectivity index (χ0n) is 13.8. The summed E-state index contributed by atoms with van der Waals surface area (Å²) >= 11 is 0. The largest absolute Gasteiger partial charge is 0.453 e. The molecule has 4 N–H and O–H groups in total. The first-order chi connectivity index (χ1) is 13.1. The molecule has 0 radical (unpaired) electrons. The highest BCUT2D eigenvalue weighted by atomic mass is 19.1. The van der Waals surface area contributed by atoms with E-state index in [0.717, 1.165) is 0 Å². The van der Waals surface area contributed by atoms with E-state index in [4.69, 9.17) is 10.5 Å². The van der Waals surface area contributed by atoms with Crippen LogP contribution >= 0.6 is 0 Å². The lowest BCUT2D eigenvalue weighted by molar-refractivity contribution is 0.446. The monoisotopic (exact) mass is 361 g/mol. The standard InChI is InChI=1S/C18H12FN7O/c19-12-7-11(25-15-4-6-23-18(21)26-15)1-2-13(12)27-14-3-5-22-17-16(14)10(8-20)9-24-17/h1-7,9H,(H,22,24)(H3,21,23,25,26). The third kappa shape index (κ3) is 3.19. The lowest BCUT2D eigenvalue weighted by Crippen LogP contribution is -1.99. The van der Waals surface area contributed by atoms with E-state index in [1.807, 2.05) is 0 Å². The summed E-state index contributed by atoms with van der Waals surface area (Å²) in [6, 6.07) is 9.63. The van der Waals surface area contributed by atoms with Crippen LogP contribution in [0.1, 0.15) is 5.56 Å². The zero-order chi connectivity index (χ0) is 18.8. The Morgan fingerprint density at radius 3 is 2.78 bits per heavy atom. The molecular weight excluding hydrogens is 349 g/mol. The van der Waals surface area contributed by atoms with E-state index in [2.05, 4.69) is 31.3 Å². The molecule has 0 aliphatic carbocycles. The number of fused-ring (bicyclic) bond motifs is 1. The lowest BCUT2D eigenvalue weighted by atomic mass is 10.2. The van der Waals surface area contributed by atoms with E-state index < -0.39 is 5.82 Å². The van der Waals surface area contributed by atoms with Gasteiger partial charge in [-0.15, -0.1) is 0 Å². The number of nitrogens with two attached hydrogens (primary N) is 1. The van der Waals surface area contributed by atoms with Crippen LogP contribution in [0, 0.1) is 17.1 Å². The van der Waals surface area contributed by atoms with E-state index in [1.54, 1.807) is 18.2 Å². The van der Waals surface area contributed by atoms with Gasteiger partial charge in [0.25, 0.3) is 0 Å². The number of anilines is 3. The quantitative estimate of drug-likeness (QED) is 0.508. The predicted octanol–water partition coefficient (Wildman–Crippen LogP) is 3.48. The van der Waals surface area contributed by atoms with Crippen molar-refractivity contribution < 1.29 is 9.13 Å². The lowest BCUT2D eigenvalue weighted by Gasteiger charge is -2.10. The SMILES string of the molecule is N#Cc1c[nH]c2nccc(Oc3ccc(Nc4ccnc(N)n4)cc3F)c12. The fraction of sp³-hybridized carbons (Fsp3) is 0. The van der Waals surface area contributed by atoms with Crippen molar-refractivity contribution in [3.63, 3.8) is 0 Å². The molecule has 0 bridgehead atoms. The number of aromatic amines is 1. The molecule has 0 aliphatic heterocycles. The van der Waals surface area contributed by atoms with Crippen LogP contribution < -0.4 is 15.8 Å². The molecule has 0 unspecified atom stereocenters. The highest BCUT2D eigenvalue weighted by Gasteiger charge is 2.13. The fourth-order valence-corrected chi connectivity index (χ4v) is 2.57. The van der Waals surface area contributed by atoms with Crippen LogP contribution in [0.15, 0.2) is 48.9 Å². The van der Waals surface area contributed by atoms with Crippen LogP contribution in [-0.2, 0) is 0 Å². The van der Waals surface area contributed by atoms with Crippen molar-refractivity contribution in [1.82, 2.24) is 19.9 Å². The van der Waals surface area contributed by atoms with Gasteiger partial charge in [0.15, 0.2) is 11.6 Å². The van der Waals surface area contributed by atoms with Gasteiger partial charge >= 0.3 is 0 Å². The molecule has 1 aromatic carbocycles. The van der Waals surface area contributed by atoms with Gasteiger partial charge in [0, 0.05) is 30.3 Å². The van der Waals surface area contributed by atoms with Crippen molar-refractivity contribution >= 4 is 28.5 Å². The van der Waals surface area contributed by atoms with E-state index >= 15 is 0 Å². The Morgan fingerprint density at radius 1 is 1.15 bits per heavy atom. The molecule has 0 saturated heterocycles. The van der Waals surface area contributed by atoms with Gasteiger partial charge in [-0.25, -0.2) is 14.4 Å². The average Bonchev–Trinajstić information content (AvgIpc) is 3.08. The van der Waals surface area contributed by atoms with Crippen molar-refractivity contribution in [2.24, 2.45) is 0 Å². The number of H-pyrrole nitrogens is 1. The number of hydrogen-bond donors (Lipinski definition) is 3. The zero-order valence-corrected chi connectivity index (χ0v) is 13.8. The Morgan fingerprint density at radius 2 is 2.00 bits per heavy atom. The summed E-state index contributed by atoms with van der Waals surface area (Å²) < 4.78 is 20.2. The number of nitrogens with one attached hydrogen (secondary N) is 2. The van der Waals surface area contributed by atoms with Crippen LogP contribution in [-0.4, -0.2) is 19.9 Å². The number of nitrogen functional groups attached to an aromatic ring is 1. The summed E-state index contributed by atoms with van der Waals surface area (Å²) in [5.41, 5.74) is 6.85. The van der Waals surface area contributed by atoms with Crippen LogP contribution in [0.5, 0.6) is 11.5 Å². The average molecular weight is 361 g/mol. The van der Waals surface area contributed by atoms with E-state index in [1.165, 1.54) is 30.7 Å². The minimum Gasteiger partial charge on any atom is -0.453 e. The van der Waals surface area contributed by atoms with Gasteiger partial charge in [-0.3, -0.25) is 0 Å². The summed E-state index contributed by atoms with van der Waals surface area (Å²) in [4.78, 5) is 14.8. The summed E-state index contributed by atoms with van der Waals surface area (Å²) in [5.74, 6) is 0.321. The molecular formula is C18H12FN7O. The van der Waals surface area contributed by atoms with E-state index in [-0.39, 0.29) is 11.7 Å². The summed E-state index contributed by atoms with van der Waals surface area (Å²) in [5, 5.41) is 12.6. The van der Waals surface area contributed by atoms with Crippen LogP contribution in [0.3, 0.4) is 0 Å². The first kappa shape index (κ1) is 16.3. The van der Waals surface area contributed by atoms with Gasteiger partial charge in [-0.1, -0.05) is 0 Å². The molecule has 0 atom stereocenters. The highest BCUT2D eigenvalue weighted by molar-refractivity contribution is 5.88. The molecule has 4 aromatic rings. The fourth-order valence-electron chi connectivity index (χ4n) is 2.57. The molecule has 8 nitrogen and oxygen atoms in total. The second kappa shape index (κ2) is 6.61. The number of halogens is 1. The maximum atomic E-state index is 14.5. The van der Waals surface area contributed by atoms with Crippen LogP contribution in [0.2, 0.25) is 0 Å². The van der Waals surface area contributed by atoms with Crippen molar-refractivity contribution in [3.8, 4) is 17.6 Å². The molecule has 3 heterocycles. The summed E-state index contributed by atoms with van der Waals surface area (Å²) in [6.07, 6.45) is 4.54. The topological polar surface area (TPSA) is 126 Å². The van der Waals surface area contributed by atoms with Gasteiger partial charge < -0.3 is 20.8 Å². The van der Waals surface area contributed by atoms with Crippen molar-refractivity contribution in [2.75, 3.05) is 11.1 Å². The first-order valence-electron chi connectivity index (χ1n) is 7.83. The number of nitriles is 1. The summed E-state index contributed by atoms with van der Waals surface area (Å²) in [6.45, 7) is 0. The summed E-state index contributed by atoms with van der Waals surface area (Å²) in [7, 11) is 0.